The minimum absolute atomic E-state index is 0.507. The van der Waals surface area contributed by atoms with E-state index in [1.54, 1.807) is 0 Å². The van der Waals surface area contributed by atoms with Gasteiger partial charge in [-0.05, 0) is 42.2 Å². The summed E-state index contributed by atoms with van der Waals surface area (Å²) < 4.78 is 7.85. The van der Waals surface area contributed by atoms with E-state index in [4.69, 9.17) is 9.73 Å². The lowest BCUT2D eigenvalue weighted by molar-refractivity contribution is 0.306. The van der Waals surface area contributed by atoms with Crippen LogP contribution < -0.4 is 10.1 Å². The first-order valence-corrected chi connectivity index (χ1v) is 11.0. The first-order valence-electron chi connectivity index (χ1n) is 11.0. The molecule has 0 bridgehead atoms. The zero-order valence-corrected chi connectivity index (χ0v) is 18.4. The molecule has 1 N–H and O–H groups in total. The number of aromatic nitrogens is 2. The summed E-state index contributed by atoms with van der Waals surface area (Å²) in [6, 6.07) is 18.4. The number of ether oxygens (including phenoxy) is 1. The summed E-state index contributed by atoms with van der Waals surface area (Å²) in [7, 11) is 1.97. The summed E-state index contributed by atoms with van der Waals surface area (Å²) in [6.45, 7) is 6.14. The molecule has 6 nitrogen and oxygen atoms in total. The summed E-state index contributed by atoms with van der Waals surface area (Å²) in [4.78, 5) is 7.27. The SMILES string of the molecule is CCNC(=NCc1cccc(OCc2ccccc2)c1)N1CCC(c2cnn(C)c2)C1. The van der Waals surface area contributed by atoms with Gasteiger partial charge in [-0.15, -0.1) is 0 Å². The molecule has 1 aliphatic rings. The van der Waals surface area contributed by atoms with Crippen LogP contribution in [0.15, 0.2) is 72.0 Å². The third-order valence-corrected chi connectivity index (χ3v) is 5.58. The highest BCUT2D eigenvalue weighted by atomic mass is 16.5. The number of hydrogen-bond acceptors (Lipinski definition) is 3. The van der Waals surface area contributed by atoms with E-state index in [0.29, 0.717) is 19.1 Å². The van der Waals surface area contributed by atoms with Crippen molar-refractivity contribution in [3.05, 3.63) is 83.7 Å². The fourth-order valence-corrected chi connectivity index (χ4v) is 3.94. The Kier molecular flexibility index (Phi) is 6.87. The van der Waals surface area contributed by atoms with Gasteiger partial charge in [0.15, 0.2) is 5.96 Å². The van der Waals surface area contributed by atoms with Crippen molar-refractivity contribution in [2.75, 3.05) is 19.6 Å². The fraction of sp³-hybridized carbons (Fsp3) is 0.360. The van der Waals surface area contributed by atoms with E-state index in [0.717, 1.165) is 48.9 Å². The van der Waals surface area contributed by atoms with Crippen LogP contribution >= 0.6 is 0 Å². The highest BCUT2D eigenvalue weighted by Crippen LogP contribution is 2.26. The highest BCUT2D eigenvalue weighted by molar-refractivity contribution is 5.80. The average molecular weight is 418 g/mol. The molecule has 6 heteroatoms. The largest absolute Gasteiger partial charge is 0.489 e. The lowest BCUT2D eigenvalue weighted by atomic mass is 10.0. The second-order valence-electron chi connectivity index (χ2n) is 7.97. The van der Waals surface area contributed by atoms with Gasteiger partial charge in [0.2, 0.25) is 0 Å². The molecule has 0 radical (unpaired) electrons. The van der Waals surface area contributed by atoms with Gasteiger partial charge in [0.25, 0.3) is 0 Å². The molecule has 2 aromatic carbocycles. The Balaban J connectivity index is 1.38. The lowest BCUT2D eigenvalue weighted by Crippen LogP contribution is -2.40. The number of rotatable bonds is 7. The molecule has 1 aromatic heterocycles. The topological polar surface area (TPSA) is 54.7 Å². The minimum Gasteiger partial charge on any atom is -0.489 e. The summed E-state index contributed by atoms with van der Waals surface area (Å²) in [5.41, 5.74) is 3.62. The number of benzene rings is 2. The van der Waals surface area contributed by atoms with Crippen molar-refractivity contribution in [1.29, 1.82) is 0 Å². The summed E-state index contributed by atoms with van der Waals surface area (Å²) in [6.07, 6.45) is 5.23. The Labute approximate surface area is 184 Å². The molecule has 0 aliphatic carbocycles. The molecular formula is C25H31N5O. The van der Waals surface area contributed by atoms with Crippen molar-refractivity contribution < 1.29 is 4.74 Å². The number of nitrogens with one attached hydrogen (secondary N) is 1. The predicted octanol–water partition coefficient (Wildman–Crippen LogP) is 3.95. The van der Waals surface area contributed by atoms with E-state index in [-0.39, 0.29) is 0 Å². The van der Waals surface area contributed by atoms with Gasteiger partial charge in [-0.3, -0.25) is 4.68 Å². The van der Waals surface area contributed by atoms with E-state index >= 15 is 0 Å². The molecule has 1 saturated heterocycles. The Morgan fingerprint density at radius 2 is 2.00 bits per heavy atom. The minimum atomic E-state index is 0.507. The number of guanidine groups is 1. The maximum absolute atomic E-state index is 5.97. The number of aliphatic imine (C=N–C) groups is 1. The van der Waals surface area contributed by atoms with Gasteiger partial charge < -0.3 is 15.0 Å². The highest BCUT2D eigenvalue weighted by Gasteiger charge is 2.26. The van der Waals surface area contributed by atoms with Crippen LogP contribution in [0.5, 0.6) is 5.75 Å². The Morgan fingerprint density at radius 1 is 1.16 bits per heavy atom. The van der Waals surface area contributed by atoms with Crippen molar-refractivity contribution in [2.24, 2.45) is 12.0 Å². The van der Waals surface area contributed by atoms with E-state index in [9.17, 15) is 0 Å². The molecule has 1 fully saturated rings. The predicted molar refractivity (Wildman–Crippen MR) is 124 cm³/mol. The fourth-order valence-electron chi connectivity index (χ4n) is 3.94. The Morgan fingerprint density at radius 3 is 2.77 bits per heavy atom. The number of hydrogen-bond donors (Lipinski definition) is 1. The number of aryl methyl sites for hydroxylation is 1. The van der Waals surface area contributed by atoms with E-state index in [2.05, 4.69) is 52.7 Å². The molecule has 2 heterocycles. The maximum atomic E-state index is 5.97. The zero-order valence-electron chi connectivity index (χ0n) is 18.4. The standard InChI is InChI=1S/C25H31N5O/c1-3-26-25(30-13-12-22(18-30)23-16-28-29(2)17-23)27-15-21-10-7-11-24(14-21)31-19-20-8-5-4-6-9-20/h4-11,14,16-17,22H,3,12-13,15,18-19H2,1-2H3,(H,26,27). The maximum Gasteiger partial charge on any atom is 0.194 e. The van der Waals surface area contributed by atoms with Crippen LogP contribution in [0, 0.1) is 0 Å². The normalized spacial score (nSPS) is 16.5. The van der Waals surface area contributed by atoms with Crippen molar-refractivity contribution in [3.63, 3.8) is 0 Å². The van der Waals surface area contributed by atoms with E-state index in [1.807, 2.05) is 48.3 Å². The van der Waals surface area contributed by atoms with Crippen molar-refractivity contribution >= 4 is 5.96 Å². The number of likely N-dealkylation sites (tertiary alicyclic amines) is 1. The second kappa shape index (κ2) is 10.2. The van der Waals surface area contributed by atoms with Gasteiger partial charge in [0.1, 0.15) is 12.4 Å². The van der Waals surface area contributed by atoms with Gasteiger partial charge in [-0.1, -0.05) is 42.5 Å². The van der Waals surface area contributed by atoms with Crippen LogP contribution in [0.4, 0.5) is 0 Å². The van der Waals surface area contributed by atoms with Gasteiger partial charge in [-0.2, -0.15) is 5.10 Å². The third kappa shape index (κ3) is 5.66. The van der Waals surface area contributed by atoms with Gasteiger partial charge in [0, 0.05) is 38.8 Å². The number of nitrogens with zero attached hydrogens (tertiary/aromatic N) is 4. The smallest absolute Gasteiger partial charge is 0.194 e. The molecule has 1 aliphatic heterocycles. The Hall–Kier alpha value is -3.28. The molecule has 4 rings (SSSR count). The molecule has 0 amide bonds. The molecule has 0 spiro atoms. The first kappa shape index (κ1) is 21.0. The van der Waals surface area contributed by atoms with Gasteiger partial charge >= 0.3 is 0 Å². The quantitative estimate of drug-likeness (QED) is 0.467. The van der Waals surface area contributed by atoms with Gasteiger partial charge in [0.05, 0.1) is 12.7 Å². The molecule has 3 aromatic rings. The van der Waals surface area contributed by atoms with Crippen LogP contribution in [-0.2, 0) is 20.2 Å². The molecule has 31 heavy (non-hydrogen) atoms. The van der Waals surface area contributed by atoms with Crippen LogP contribution in [0.2, 0.25) is 0 Å². The monoisotopic (exact) mass is 417 g/mol. The van der Waals surface area contributed by atoms with Crippen molar-refractivity contribution in [1.82, 2.24) is 20.0 Å². The van der Waals surface area contributed by atoms with Crippen molar-refractivity contribution in [2.45, 2.75) is 32.4 Å². The van der Waals surface area contributed by atoms with Crippen LogP contribution in [-0.4, -0.2) is 40.3 Å². The van der Waals surface area contributed by atoms with Crippen LogP contribution in [0.25, 0.3) is 0 Å². The van der Waals surface area contributed by atoms with Crippen LogP contribution in [0.3, 0.4) is 0 Å². The average Bonchev–Trinajstić information content (AvgIpc) is 3.45. The first-order chi connectivity index (χ1) is 15.2. The van der Waals surface area contributed by atoms with Crippen LogP contribution in [0.1, 0.15) is 36.0 Å². The molecular weight excluding hydrogens is 386 g/mol. The zero-order chi connectivity index (χ0) is 21.5. The van der Waals surface area contributed by atoms with E-state index < -0.39 is 0 Å². The third-order valence-electron chi connectivity index (χ3n) is 5.58. The molecule has 162 valence electrons. The lowest BCUT2D eigenvalue weighted by Gasteiger charge is -2.21. The van der Waals surface area contributed by atoms with E-state index in [1.165, 1.54) is 5.56 Å². The molecule has 1 atom stereocenters. The summed E-state index contributed by atoms with van der Waals surface area (Å²) in [5, 5.41) is 7.78. The second-order valence-corrected chi connectivity index (χ2v) is 7.97. The summed E-state index contributed by atoms with van der Waals surface area (Å²) >= 11 is 0. The molecule has 0 saturated carbocycles. The summed E-state index contributed by atoms with van der Waals surface area (Å²) in [5.74, 6) is 2.36. The Bertz CT molecular complexity index is 998. The van der Waals surface area contributed by atoms with Crippen molar-refractivity contribution in [3.8, 4) is 5.75 Å². The van der Waals surface area contributed by atoms with Gasteiger partial charge in [-0.25, -0.2) is 4.99 Å². The molecule has 1 unspecified atom stereocenters.